The summed E-state index contributed by atoms with van der Waals surface area (Å²) in [6.45, 7) is 3.46. The highest BCUT2D eigenvalue weighted by Gasteiger charge is 2.36. The van der Waals surface area contributed by atoms with Gasteiger partial charge in [0.2, 0.25) is 5.88 Å². The van der Waals surface area contributed by atoms with Gasteiger partial charge < -0.3 is 19.9 Å². The van der Waals surface area contributed by atoms with E-state index >= 15 is 0 Å². The predicted octanol–water partition coefficient (Wildman–Crippen LogP) is 3.55. The average molecular weight is 404 g/mol. The number of nitrogens with two attached hydrogens (primary N) is 1. The summed E-state index contributed by atoms with van der Waals surface area (Å²) < 4.78 is 15.9. The van der Waals surface area contributed by atoms with Crippen molar-refractivity contribution in [2.24, 2.45) is 5.73 Å². The molecule has 30 heavy (non-hydrogen) atoms. The molecule has 0 amide bonds. The third kappa shape index (κ3) is 4.18. The van der Waals surface area contributed by atoms with Crippen LogP contribution < -0.4 is 10.5 Å². The van der Waals surface area contributed by atoms with Gasteiger partial charge in [0.15, 0.2) is 0 Å². The van der Waals surface area contributed by atoms with E-state index in [1.807, 2.05) is 12.1 Å². The molecular weight excluding hydrogens is 384 g/mol. The fourth-order valence-electron chi connectivity index (χ4n) is 3.16. The fourth-order valence-corrected chi connectivity index (χ4v) is 3.16. The topological polar surface area (TPSA) is 112 Å². The maximum absolute atomic E-state index is 12.5. The molecule has 1 heterocycles. The van der Waals surface area contributed by atoms with Crippen LogP contribution in [0.4, 0.5) is 0 Å². The molecule has 0 saturated heterocycles. The zero-order valence-electron chi connectivity index (χ0n) is 16.5. The molecule has 0 aromatic heterocycles. The number of esters is 2. The molecule has 7 nitrogen and oxygen atoms in total. The molecule has 0 fully saturated rings. The van der Waals surface area contributed by atoms with E-state index in [9.17, 15) is 14.9 Å². The third-order valence-corrected chi connectivity index (χ3v) is 4.53. The lowest BCUT2D eigenvalue weighted by Crippen LogP contribution is -2.25. The Labute approximate surface area is 174 Å². The summed E-state index contributed by atoms with van der Waals surface area (Å²) in [5.41, 5.74) is 7.24. The van der Waals surface area contributed by atoms with Gasteiger partial charge in [0.25, 0.3) is 0 Å². The summed E-state index contributed by atoms with van der Waals surface area (Å²) in [4.78, 5) is 24.8. The van der Waals surface area contributed by atoms with Crippen LogP contribution in [-0.4, -0.2) is 18.5 Å². The van der Waals surface area contributed by atoms with Crippen LogP contribution in [0.1, 0.15) is 35.7 Å². The van der Waals surface area contributed by atoms with Crippen LogP contribution in [0.2, 0.25) is 0 Å². The van der Waals surface area contributed by atoms with Crippen LogP contribution in [0.15, 0.2) is 77.4 Å². The van der Waals surface area contributed by atoms with Gasteiger partial charge in [0, 0.05) is 0 Å². The van der Waals surface area contributed by atoms with Crippen molar-refractivity contribution in [2.75, 3.05) is 6.61 Å². The van der Waals surface area contributed by atoms with Crippen molar-refractivity contribution in [3.05, 3.63) is 88.5 Å². The van der Waals surface area contributed by atoms with Gasteiger partial charge in [-0.1, -0.05) is 30.3 Å². The first-order chi connectivity index (χ1) is 14.5. The second-order valence-electron chi connectivity index (χ2n) is 6.44. The summed E-state index contributed by atoms with van der Waals surface area (Å²) >= 11 is 0. The second-order valence-corrected chi connectivity index (χ2v) is 6.44. The maximum Gasteiger partial charge on any atom is 0.343 e. The van der Waals surface area contributed by atoms with Crippen LogP contribution >= 0.6 is 0 Å². The lowest BCUT2D eigenvalue weighted by molar-refractivity contribution is -0.139. The average Bonchev–Trinajstić information content (AvgIpc) is 2.74. The van der Waals surface area contributed by atoms with Gasteiger partial charge in [-0.3, -0.25) is 0 Å². The number of nitriles is 1. The molecule has 2 aromatic rings. The fraction of sp³-hybridized carbons (Fsp3) is 0.174. The van der Waals surface area contributed by atoms with Crippen molar-refractivity contribution in [1.82, 2.24) is 0 Å². The van der Waals surface area contributed by atoms with Gasteiger partial charge >= 0.3 is 11.9 Å². The molecule has 0 spiro atoms. The normalized spacial score (nSPS) is 15.8. The molecule has 0 radical (unpaired) electrons. The van der Waals surface area contributed by atoms with Crippen molar-refractivity contribution in [3.63, 3.8) is 0 Å². The summed E-state index contributed by atoms with van der Waals surface area (Å²) in [5, 5.41) is 9.60. The molecule has 1 atom stereocenters. The van der Waals surface area contributed by atoms with E-state index in [-0.39, 0.29) is 29.4 Å². The highest BCUT2D eigenvalue weighted by atomic mass is 16.5. The van der Waals surface area contributed by atoms with Crippen molar-refractivity contribution in [1.29, 1.82) is 5.26 Å². The van der Waals surface area contributed by atoms with Crippen molar-refractivity contribution < 1.29 is 23.8 Å². The van der Waals surface area contributed by atoms with Crippen LogP contribution in [0.25, 0.3) is 0 Å². The van der Waals surface area contributed by atoms with Gasteiger partial charge in [-0.05, 0) is 43.7 Å². The van der Waals surface area contributed by atoms with Crippen molar-refractivity contribution >= 4 is 11.9 Å². The maximum atomic E-state index is 12.5. The Bertz CT molecular complexity index is 1060. The Morgan fingerprint density at radius 2 is 1.77 bits per heavy atom. The molecule has 1 aliphatic heterocycles. The van der Waals surface area contributed by atoms with Crippen LogP contribution in [0, 0.1) is 11.3 Å². The molecular formula is C23H20N2O5. The first-order valence-electron chi connectivity index (χ1n) is 9.29. The zero-order chi connectivity index (χ0) is 21.7. The lowest BCUT2D eigenvalue weighted by atomic mass is 9.83. The number of carbonyl (C=O) groups excluding carboxylic acids is 2. The standard InChI is InChI=1S/C23H20N2O5/c1-3-28-23(27)19-14(2)29-21(25)18(13-24)20(19)15-9-11-17(12-10-15)30-22(26)16-7-5-4-6-8-16/h4-12,20H,3,25H2,1-2H3. The summed E-state index contributed by atoms with van der Waals surface area (Å²) in [6.07, 6.45) is 0. The number of carbonyl (C=O) groups is 2. The first kappa shape index (κ1) is 20.7. The molecule has 1 unspecified atom stereocenters. The van der Waals surface area contributed by atoms with Crippen molar-refractivity contribution in [2.45, 2.75) is 19.8 Å². The van der Waals surface area contributed by atoms with E-state index in [2.05, 4.69) is 0 Å². The van der Waals surface area contributed by atoms with Crippen molar-refractivity contribution in [3.8, 4) is 11.8 Å². The van der Waals surface area contributed by atoms with E-state index in [1.54, 1.807) is 62.4 Å². The molecule has 0 saturated carbocycles. The number of benzene rings is 2. The highest BCUT2D eigenvalue weighted by Crippen LogP contribution is 2.40. The zero-order valence-corrected chi connectivity index (χ0v) is 16.5. The van der Waals surface area contributed by atoms with Crippen LogP contribution in [0.3, 0.4) is 0 Å². The van der Waals surface area contributed by atoms with E-state index in [4.69, 9.17) is 19.9 Å². The van der Waals surface area contributed by atoms with Gasteiger partial charge in [0.05, 0.1) is 23.7 Å². The van der Waals surface area contributed by atoms with E-state index in [1.165, 1.54) is 0 Å². The van der Waals surface area contributed by atoms with E-state index < -0.39 is 17.9 Å². The monoisotopic (exact) mass is 404 g/mol. The summed E-state index contributed by atoms with van der Waals surface area (Å²) in [6, 6.07) is 17.2. The number of hydrogen-bond acceptors (Lipinski definition) is 7. The lowest BCUT2D eigenvalue weighted by Gasteiger charge is -2.26. The second kappa shape index (κ2) is 8.97. The molecule has 3 rings (SSSR count). The number of ether oxygens (including phenoxy) is 3. The summed E-state index contributed by atoms with van der Waals surface area (Å²) in [5.74, 6) is -1.28. The van der Waals surface area contributed by atoms with Gasteiger partial charge in [-0.2, -0.15) is 5.26 Å². The third-order valence-electron chi connectivity index (χ3n) is 4.53. The van der Waals surface area contributed by atoms with E-state index in [0.717, 1.165) is 0 Å². The van der Waals surface area contributed by atoms with Gasteiger partial charge in [-0.15, -0.1) is 0 Å². The van der Waals surface area contributed by atoms with Crippen LogP contribution in [-0.2, 0) is 14.3 Å². The smallest absolute Gasteiger partial charge is 0.343 e. The Kier molecular flexibility index (Phi) is 6.18. The predicted molar refractivity (Wildman–Crippen MR) is 108 cm³/mol. The molecule has 2 N–H and O–H groups in total. The molecule has 2 aromatic carbocycles. The Balaban J connectivity index is 1.92. The minimum atomic E-state index is -0.748. The minimum Gasteiger partial charge on any atom is -0.463 e. The number of nitrogens with zero attached hydrogens (tertiary/aromatic N) is 1. The summed E-state index contributed by atoms with van der Waals surface area (Å²) in [7, 11) is 0. The quantitative estimate of drug-likeness (QED) is 0.599. The Hall–Kier alpha value is -4.05. The number of allylic oxidation sites excluding steroid dienone is 2. The largest absolute Gasteiger partial charge is 0.463 e. The molecule has 0 bridgehead atoms. The molecule has 0 aliphatic carbocycles. The molecule has 1 aliphatic rings. The molecule has 152 valence electrons. The Morgan fingerprint density at radius 1 is 1.10 bits per heavy atom. The number of rotatable bonds is 5. The van der Waals surface area contributed by atoms with Crippen LogP contribution in [0.5, 0.6) is 5.75 Å². The van der Waals surface area contributed by atoms with Gasteiger partial charge in [0.1, 0.15) is 23.2 Å². The molecule has 7 heteroatoms. The minimum absolute atomic E-state index is 0.0624. The SMILES string of the molecule is CCOC(=O)C1=C(C)OC(N)=C(C#N)C1c1ccc(OC(=O)c2ccccc2)cc1. The first-order valence-corrected chi connectivity index (χ1v) is 9.29. The van der Waals surface area contributed by atoms with Gasteiger partial charge in [-0.25, -0.2) is 9.59 Å². The Morgan fingerprint density at radius 3 is 2.37 bits per heavy atom. The highest BCUT2D eigenvalue weighted by molar-refractivity contribution is 5.93. The number of hydrogen-bond donors (Lipinski definition) is 1. The van der Waals surface area contributed by atoms with E-state index in [0.29, 0.717) is 16.9 Å².